The lowest BCUT2D eigenvalue weighted by Gasteiger charge is -2.50. The topological polar surface area (TPSA) is 84.9 Å². The van der Waals surface area contributed by atoms with Crippen molar-refractivity contribution < 1.29 is 38.0 Å². The third-order valence-corrected chi connectivity index (χ3v) is 15.2. The maximum atomic E-state index is 14.5. The van der Waals surface area contributed by atoms with E-state index >= 15 is 0 Å². The lowest BCUT2D eigenvalue weighted by atomic mass is 9.58. The first-order chi connectivity index (χ1) is 23.9. The van der Waals surface area contributed by atoms with Crippen LogP contribution in [0.3, 0.4) is 0 Å². The van der Waals surface area contributed by atoms with Crippen molar-refractivity contribution in [3.8, 4) is 0 Å². The van der Waals surface area contributed by atoms with E-state index in [1.807, 2.05) is 6.92 Å². The summed E-state index contributed by atoms with van der Waals surface area (Å²) in [6.45, 7) is 33.1. The van der Waals surface area contributed by atoms with Gasteiger partial charge in [-0.05, 0) is 78.5 Å². The second-order valence-corrected chi connectivity index (χ2v) is 19.2. The first kappa shape index (κ1) is 43.5. The van der Waals surface area contributed by atoms with E-state index in [0.29, 0.717) is 18.9 Å². The zero-order chi connectivity index (χ0) is 39.3. The number of ether oxygens (including phenoxy) is 7. The number of carbonyl (C=O) groups excluding carboxylic acids is 1. The average Bonchev–Trinajstić information content (AvgIpc) is 3.38. The molecule has 4 rings (SSSR count). The van der Waals surface area contributed by atoms with Crippen LogP contribution in [0.15, 0.2) is 11.3 Å². The molecule has 0 radical (unpaired) electrons. The Bertz CT molecular complexity index is 1270. The molecule has 0 saturated carbocycles. The Morgan fingerprint density at radius 3 is 2.12 bits per heavy atom. The number of allylic oxidation sites excluding steroid dienone is 1. The molecular formula is C43H77NO8. The van der Waals surface area contributed by atoms with Crippen molar-refractivity contribution in [3.63, 3.8) is 0 Å². The highest BCUT2D eigenvalue weighted by Crippen LogP contribution is 2.55. The molecule has 0 aromatic rings. The monoisotopic (exact) mass is 736 g/mol. The van der Waals surface area contributed by atoms with Crippen LogP contribution in [0.5, 0.6) is 0 Å². The number of methoxy groups -OCH3 is 1. The zero-order valence-electron chi connectivity index (χ0n) is 36.3. The predicted molar refractivity (Wildman–Crippen MR) is 205 cm³/mol. The minimum atomic E-state index is -0.704. The van der Waals surface area contributed by atoms with Gasteiger partial charge in [0.15, 0.2) is 12.6 Å². The summed E-state index contributed by atoms with van der Waals surface area (Å²) in [5.41, 5.74) is -0.476. The molecule has 4 aliphatic heterocycles. The van der Waals surface area contributed by atoms with Gasteiger partial charge in [-0.25, -0.2) is 0 Å². The van der Waals surface area contributed by atoms with E-state index < -0.39 is 35.8 Å². The number of carbonyl (C=O) groups is 1. The largest absolute Gasteiger partial charge is 0.489 e. The molecule has 302 valence electrons. The number of fused-ring (bicyclic) bond motifs is 2. The van der Waals surface area contributed by atoms with Gasteiger partial charge in [0.1, 0.15) is 17.8 Å². The maximum absolute atomic E-state index is 14.5. The van der Waals surface area contributed by atoms with Crippen LogP contribution in [0.25, 0.3) is 0 Å². The molecule has 4 heterocycles. The maximum Gasteiger partial charge on any atom is 0.309 e. The van der Waals surface area contributed by atoms with Gasteiger partial charge < -0.3 is 38.1 Å². The molecule has 9 nitrogen and oxygen atoms in total. The molecule has 15 unspecified atom stereocenters. The van der Waals surface area contributed by atoms with Crippen LogP contribution < -0.4 is 0 Å². The summed E-state index contributed by atoms with van der Waals surface area (Å²) in [6, 6.07) is 0.302. The standard InChI is InChI=1S/C43H77NO8/c1-19-34-41(12,13)40(10,11)30(8)36-24(2)21-43(15,52-36)37(51-39-28(6)33(44(16)17)20-25(3)48-39)26(4)32(27(5)38(45)50-34)23-47-35-22-42(14,46-18)29(7)31(9)49-35/h25-35,37,39H,19-23H2,1-18H3. The van der Waals surface area contributed by atoms with Gasteiger partial charge in [-0.2, -0.15) is 0 Å². The molecule has 4 aliphatic rings. The number of cyclic esters (lactones) is 1. The molecule has 3 saturated heterocycles. The Morgan fingerprint density at radius 1 is 0.904 bits per heavy atom. The van der Waals surface area contributed by atoms with E-state index in [4.69, 9.17) is 33.2 Å². The minimum absolute atomic E-state index is 0.0383. The fourth-order valence-corrected chi connectivity index (χ4v) is 10.00. The molecule has 0 spiro atoms. The molecule has 52 heavy (non-hydrogen) atoms. The molecule has 0 aliphatic carbocycles. The number of hydrogen-bond acceptors (Lipinski definition) is 9. The Kier molecular flexibility index (Phi) is 13.5. The second kappa shape index (κ2) is 16.1. The molecule has 15 atom stereocenters. The molecule has 2 bridgehead atoms. The van der Waals surface area contributed by atoms with Crippen LogP contribution in [0.1, 0.15) is 130 Å². The Labute approximate surface area is 317 Å². The SMILES string of the molecule is CCC1OC(=O)C(C)C(COC2CC(C)(OC)C(C)C(C)O2)C(C)C(OC2OC(C)CC(N(C)C)C2C)C2(C)CC(C)=C(O2)C(C)C(C)(C)C1(C)C. The van der Waals surface area contributed by atoms with Crippen LogP contribution in [0, 0.1) is 46.3 Å². The van der Waals surface area contributed by atoms with Crippen molar-refractivity contribution in [2.24, 2.45) is 46.3 Å². The van der Waals surface area contributed by atoms with E-state index in [2.05, 4.69) is 116 Å². The van der Waals surface area contributed by atoms with Crippen LogP contribution in [0.4, 0.5) is 0 Å². The number of rotatable bonds is 8. The zero-order valence-corrected chi connectivity index (χ0v) is 36.3. The summed E-state index contributed by atoms with van der Waals surface area (Å²) in [7, 11) is 6.04. The number of nitrogens with zero attached hydrogens (tertiary/aromatic N) is 1. The highest BCUT2D eigenvalue weighted by molar-refractivity contribution is 5.72. The first-order valence-electron chi connectivity index (χ1n) is 20.3. The van der Waals surface area contributed by atoms with Gasteiger partial charge in [-0.3, -0.25) is 4.79 Å². The van der Waals surface area contributed by atoms with Crippen LogP contribution >= 0.6 is 0 Å². The highest BCUT2D eigenvalue weighted by Gasteiger charge is 2.56. The van der Waals surface area contributed by atoms with Gasteiger partial charge in [-0.15, -0.1) is 0 Å². The van der Waals surface area contributed by atoms with Gasteiger partial charge in [-0.1, -0.05) is 69.2 Å². The number of hydrogen-bond donors (Lipinski definition) is 0. The van der Waals surface area contributed by atoms with Gasteiger partial charge in [0, 0.05) is 55.1 Å². The summed E-state index contributed by atoms with van der Waals surface area (Å²) in [4.78, 5) is 16.8. The van der Waals surface area contributed by atoms with E-state index in [0.717, 1.165) is 18.6 Å². The van der Waals surface area contributed by atoms with E-state index in [1.54, 1.807) is 7.11 Å². The summed E-state index contributed by atoms with van der Waals surface area (Å²) in [5, 5.41) is 0. The summed E-state index contributed by atoms with van der Waals surface area (Å²) in [5.74, 6) is 0.257. The Balaban J connectivity index is 1.82. The first-order valence-corrected chi connectivity index (χ1v) is 20.3. The van der Waals surface area contributed by atoms with Crippen molar-refractivity contribution in [2.45, 2.75) is 184 Å². The molecule has 0 amide bonds. The molecule has 3 fully saturated rings. The van der Waals surface area contributed by atoms with Crippen molar-refractivity contribution in [3.05, 3.63) is 11.3 Å². The summed E-state index contributed by atoms with van der Waals surface area (Å²) in [6.07, 6.45) is 1.33. The van der Waals surface area contributed by atoms with Gasteiger partial charge in [0.05, 0.1) is 36.1 Å². The molecule has 0 aromatic carbocycles. The third-order valence-electron chi connectivity index (χ3n) is 15.2. The quantitative estimate of drug-likeness (QED) is 0.228. The van der Waals surface area contributed by atoms with E-state index in [9.17, 15) is 4.79 Å². The Hall–Kier alpha value is -1.23. The summed E-state index contributed by atoms with van der Waals surface area (Å²) < 4.78 is 47.0. The second-order valence-electron chi connectivity index (χ2n) is 19.2. The van der Waals surface area contributed by atoms with E-state index in [-0.39, 0.29) is 71.3 Å². The van der Waals surface area contributed by atoms with Crippen molar-refractivity contribution >= 4 is 5.97 Å². The van der Waals surface area contributed by atoms with Crippen molar-refractivity contribution in [2.75, 3.05) is 27.8 Å². The Morgan fingerprint density at radius 2 is 1.54 bits per heavy atom. The summed E-state index contributed by atoms with van der Waals surface area (Å²) >= 11 is 0. The normalized spacial score (nSPS) is 45.8. The lowest BCUT2D eigenvalue weighted by molar-refractivity contribution is -0.287. The van der Waals surface area contributed by atoms with Crippen LogP contribution in [-0.2, 0) is 38.0 Å². The smallest absolute Gasteiger partial charge is 0.309 e. The lowest BCUT2D eigenvalue weighted by Crippen LogP contribution is -2.56. The van der Waals surface area contributed by atoms with E-state index in [1.165, 1.54) is 5.57 Å². The molecule has 0 aromatic heterocycles. The highest BCUT2D eigenvalue weighted by atomic mass is 16.7. The van der Waals surface area contributed by atoms with Crippen LogP contribution in [-0.4, -0.2) is 92.9 Å². The van der Waals surface area contributed by atoms with Gasteiger partial charge in [0.25, 0.3) is 0 Å². The number of esters is 1. The van der Waals surface area contributed by atoms with Gasteiger partial charge >= 0.3 is 5.97 Å². The van der Waals surface area contributed by atoms with Crippen molar-refractivity contribution in [1.82, 2.24) is 4.90 Å². The molecule has 0 N–H and O–H groups in total. The molecule has 9 heteroatoms. The fourth-order valence-electron chi connectivity index (χ4n) is 10.00. The van der Waals surface area contributed by atoms with Gasteiger partial charge in [0.2, 0.25) is 0 Å². The fraction of sp³-hybridized carbons (Fsp3) is 0.930. The minimum Gasteiger partial charge on any atom is -0.489 e. The molecular weight excluding hydrogens is 658 g/mol. The average molecular weight is 736 g/mol. The predicted octanol–water partition coefficient (Wildman–Crippen LogP) is 8.63. The third kappa shape index (κ3) is 8.16. The van der Waals surface area contributed by atoms with Crippen molar-refractivity contribution in [1.29, 1.82) is 0 Å². The van der Waals surface area contributed by atoms with Crippen LogP contribution in [0.2, 0.25) is 0 Å².